The first-order valence-corrected chi connectivity index (χ1v) is 5.40. The van der Waals surface area contributed by atoms with E-state index in [4.69, 9.17) is 0 Å². The lowest BCUT2D eigenvalue weighted by Gasteiger charge is -2.09. The summed E-state index contributed by atoms with van der Waals surface area (Å²) in [6.45, 7) is 0. The first kappa shape index (κ1) is 13.2. The molecule has 0 saturated heterocycles. The third kappa shape index (κ3) is 3.30. The zero-order chi connectivity index (χ0) is 12.3. The summed E-state index contributed by atoms with van der Waals surface area (Å²) in [6, 6.07) is 2.56. The van der Waals surface area contributed by atoms with Gasteiger partial charge in [-0.15, -0.1) is 0 Å². The highest BCUT2D eigenvalue weighted by Gasteiger charge is 2.34. The van der Waals surface area contributed by atoms with Crippen molar-refractivity contribution in [2.24, 2.45) is 0 Å². The first-order valence-electron chi connectivity index (χ1n) is 4.28. The SMILES string of the molecule is O=C(CBr)Cc1ccc(F)c(C(F)(F)F)c1. The predicted molar refractivity (Wildman–Crippen MR) is 53.9 cm³/mol. The Hall–Kier alpha value is -0.910. The average molecular weight is 299 g/mol. The quantitative estimate of drug-likeness (QED) is 0.618. The maximum atomic E-state index is 12.9. The van der Waals surface area contributed by atoms with Gasteiger partial charge in [0.1, 0.15) is 11.6 Å². The minimum atomic E-state index is -4.74. The highest BCUT2D eigenvalue weighted by atomic mass is 79.9. The Morgan fingerprint density at radius 1 is 1.31 bits per heavy atom. The van der Waals surface area contributed by atoms with Gasteiger partial charge in [0.2, 0.25) is 0 Å². The number of hydrogen-bond donors (Lipinski definition) is 0. The van der Waals surface area contributed by atoms with E-state index >= 15 is 0 Å². The van der Waals surface area contributed by atoms with Crippen molar-refractivity contribution in [3.63, 3.8) is 0 Å². The maximum Gasteiger partial charge on any atom is 0.419 e. The van der Waals surface area contributed by atoms with Crippen LogP contribution in [0, 0.1) is 5.82 Å². The lowest BCUT2D eigenvalue weighted by molar-refractivity contribution is -0.140. The number of ketones is 1. The second kappa shape index (κ2) is 4.95. The van der Waals surface area contributed by atoms with Crippen LogP contribution in [-0.2, 0) is 17.4 Å². The molecule has 1 nitrogen and oxygen atoms in total. The molecule has 0 aromatic heterocycles. The zero-order valence-electron chi connectivity index (χ0n) is 7.94. The van der Waals surface area contributed by atoms with Crippen molar-refractivity contribution in [1.29, 1.82) is 0 Å². The van der Waals surface area contributed by atoms with Gasteiger partial charge >= 0.3 is 6.18 Å². The van der Waals surface area contributed by atoms with Gasteiger partial charge in [0, 0.05) is 6.42 Å². The van der Waals surface area contributed by atoms with Crippen molar-refractivity contribution in [2.75, 3.05) is 5.33 Å². The molecule has 6 heteroatoms. The molecule has 0 amide bonds. The molecule has 0 N–H and O–H groups in total. The summed E-state index contributed by atoms with van der Waals surface area (Å²) in [5.41, 5.74) is -1.19. The summed E-state index contributed by atoms with van der Waals surface area (Å²) < 4.78 is 49.8. The Labute approximate surface area is 97.6 Å². The van der Waals surface area contributed by atoms with Gasteiger partial charge in [-0.05, 0) is 17.7 Å². The molecule has 0 radical (unpaired) electrons. The number of carbonyl (C=O) groups is 1. The summed E-state index contributed by atoms with van der Waals surface area (Å²) in [4.78, 5) is 11.0. The van der Waals surface area contributed by atoms with Crippen molar-refractivity contribution >= 4 is 21.7 Å². The summed E-state index contributed by atoms with van der Waals surface area (Å²) in [5.74, 6) is -1.60. The summed E-state index contributed by atoms with van der Waals surface area (Å²) in [7, 11) is 0. The standard InChI is InChI=1S/C10H7BrF4O/c11-5-7(16)3-6-1-2-9(12)8(4-6)10(13,14)15/h1-2,4H,3,5H2. The fourth-order valence-electron chi connectivity index (χ4n) is 1.17. The van der Waals surface area contributed by atoms with E-state index in [1.165, 1.54) is 6.07 Å². The van der Waals surface area contributed by atoms with Crippen molar-refractivity contribution in [1.82, 2.24) is 0 Å². The number of halogens is 5. The Balaban J connectivity index is 3.03. The monoisotopic (exact) mass is 298 g/mol. The van der Waals surface area contributed by atoms with E-state index in [-0.39, 0.29) is 23.1 Å². The largest absolute Gasteiger partial charge is 0.419 e. The van der Waals surface area contributed by atoms with Crippen LogP contribution in [0.25, 0.3) is 0 Å². The van der Waals surface area contributed by atoms with E-state index in [0.29, 0.717) is 6.07 Å². The van der Waals surface area contributed by atoms with E-state index in [2.05, 4.69) is 15.9 Å². The van der Waals surface area contributed by atoms with Crippen LogP contribution in [0.15, 0.2) is 18.2 Å². The van der Waals surface area contributed by atoms with Crippen LogP contribution in [0.4, 0.5) is 17.6 Å². The van der Waals surface area contributed by atoms with Crippen LogP contribution >= 0.6 is 15.9 Å². The molecule has 0 aliphatic rings. The molecule has 0 heterocycles. The van der Waals surface area contributed by atoms with E-state index < -0.39 is 17.6 Å². The van der Waals surface area contributed by atoms with E-state index in [1.807, 2.05) is 0 Å². The number of hydrogen-bond acceptors (Lipinski definition) is 1. The molecule has 0 aliphatic carbocycles. The molecular weight excluding hydrogens is 292 g/mol. The van der Waals surface area contributed by atoms with Crippen LogP contribution in [0.2, 0.25) is 0 Å². The van der Waals surface area contributed by atoms with Crippen LogP contribution in [0.3, 0.4) is 0 Å². The van der Waals surface area contributed by atoms with Gasteiger partial charge in [-0.2, -0.15) is 13.2 Å². The summed E-state index contributed by atoms with van der Waals surface area (Å²) in [5, 5.41) is 0.0612. The third-order valence-electron chi connectivity index (χ3n) is 1.89. The lowest BCUT2D eigenvalue weighted by Crippen LogP contribution is -2.10. The second-order valence-corrected chi connectivity index (χ2v) is 3.72. The van der Waals surface area contributed by atoms with Crippen LogP contribution in [0.5, 0.6) is 0 Å². The number of alkyl halides is 4. The van der Waals surface area contributed by atoms with Crippen LogP contribution in [0.1, 0.15) is 11.1 Å². The Kier molecular flexibility index (Phi) is 4.07. The minimum absolute atomic E-state index is 0.0612. The zero-order valence-corrected chi connectivity index (χ0v) is 9.53. The number of carbonyl (C=O) groups excluding carboxylic acids is 1. The fraction of sp³-hybridized carbons (Fsp3) is 0.300. The van der Waals surface area contributed by atoms with Gasteiger partial charge in [-0.25, -0.2) is 4.39 Å². The Morgan fingerprint density at radius 3 is 2.44 bits per heavy atom. The molecule has 1 rings (SSSR count). The smallest absolute Gasteiger partial charge is 0.298 e. The topological polar surface area (TPSA) is 17.1 Å². The second-order valence-electron chi connectivity index (χ2n) is 3.16. The number of rotatable bonds is 3. The van der Waals surface area contributed by atoms with Gasteiger partial charge in [-0.1, -0.05) is 22.0 Å². The van der Waals surface area contributed by atoms with Crippen LogP contribution < -0.4 is 0 Å². The molecule has 0 fully saturated rings. The molecule has 0 saturated carbocycles. The van der Waals surface area contributed by atoms with Crippen LogP contribution in [-0.4, -0.2) is 11.1 Å². The Morgan fingerprint density at radius 2 is 1.94 bits per heavy atom. The number of Topliss-reactive ketones (excluding diaryl/α,β-unsaturated/α-hetero) is 1. The minimum Gasteiger partial charge on any atom is -0.298 e. The summed E-state index contributed by atoms with van der Waals surface area (Å²) in [6.07, 6.45) is -4.88. The molecule has 0 atom stereocenters. The first-order chi connectivity index (χ1) is 7.34. The van der Waals surface area contributed by atoms with Crippen molar-refractivity contribution in [3.8, 4) is 0 Å². The summed E-state index contributed by atoms with van der Waals surface area (Å²) >= 11 is 2.90. The van der Waals surface area contributed by atoms with Gasteiger partial charge in [-0.3, -0.25) is 4.79 Å². The maximum absolute atomic E-state index is 12.9. The normalized spacial score (nSPS) is 11.6. The van der Waals surface area contributed by atoms with Gasteiger partial charge in [0.15, 0.2) is 0 Å². The molecule has 16 heavy (non-hydrogen) atoms. The van der Waals surface area contributed by atoms with E-state index in [9.17, 15) is 22.4 Å². The molecule has 0 unspecified atom stereocenters. The van der Waals surface area contributed by atoms with Crippen molar-refractivity contribution in [2.45, 2.75) is 12.6 Å². The van der Waals surface area contributed by atoms with Crippen molar-refractivity contribution < 1.29 is 22.4 Å². The fourth-order valence-corrected chi connectivity index (χ4v) is 1.37. The lowest BCUT2D eigenvalue weighted by atomic mass is 10.1. The van der Waals surface area contributed by atoms with E-state index in [1.54, 1.807) is 0 Å². The van der Waals surface area contributed by atoms with Gasteiger partial charge in [0.05, 0.1) is 10.9 Å². The highest BCUT2D eigenvalue weighted by molar-refractivity contribution is 9.09. The van der Waals surface area contributed by atoms with Gasteiger partial charge < -0.3 is 0 Å². The Bertz CT molecular complexity index is 400. The molecule has 88 valence electrons. The van der Waals surface area contributed by atoms with E-state index in [0.717, 1.165) is 6.07 Å². The number of benzene rings is 1. The molecule has 1 aromatic carbocycles. The molecule has 1 aromatic rings. The molecule has 0 bridgehead atoms. The predicted octanol–water partition coefficient (Wildman–Crippen LogP) is 3.35. The van der Waals surface area contributed by atoms with Crippen molar-refractivity contribution in [3.05, 3.63) is 35.1 Å². The molecular formula is C10H7BrF4O. The molecule has 0 spiro atoms. The highest BCUT2D eigenvalue weighted by Crippen LogP contribution is 2.31. The third-order valence-corrected chi connectivity index (χ3v) is 2.51. The van der Waals surface area contributed by atoms with Gasteiger partial charge in [0.25, 0.3) is 0 Å². The average Bonchev–Trinajstić information content (AvgIpc) is 2.19. The molecule has 0 aliphatic heterocycles.